The van der Waals surface area contributed by atoms with E-state index in [1.165, 1.54) is 12.1 Å². The Hall–Kier alpha value is -0.960. The van der Waals surface area contributed by atoms with Crippen LogP contribution in [0.4, 0.5) is 8.78 Å². The summed E-state index contributed by atoms with van der Waals surface area (Å²) in [7, 11) is 0. The Morgan fingerprint density at radius 3 is 2.47 bits per heavy atom. The molecular weight excluding hydrogens is 246 g/mol. The lowest BCUT2D eigenvalue weighted by atomic mass is 9.73. The fourth-order valence-electron chi connectivity index (χ4n) is 3.19. The van der Waals surface area contributed by atoms with Crippen LogP contribution < -0.4 is 0 Å². The van der Waals surface area contributed by atoms with Gasteiger partial charge in [-0.2, -0.15) is 0 Å². The quantitative estimate of drug-likeness (QED) is 0.858. The van der Waals surface area contributed by atoms with Crippen molar-refractivity contribution in [2.45, 2.75) is 58.0 Å². The van der Waals surface area contributed by atoms with Gasteiger partial charge in [-0.1, -0.05) is 25.8 Å². The van der Waals surface area contributed by atoms with Crippen LogP contribution in [0.1, 0.15) is 56.6 Å². The van der Waals surface area contributed by atoms with Gasteiger partial charge in [0.1, 0.15) is 11.6 Å². The van der Waals surface area contributed by atoms with E-state index in [2.05, 4.69) is 6.92 Å². The number of aryl methyl sites for hydroxylation is 1. The summed E-state index contributed by atoms with van der Waals surface area (Å²) in [4.78, 5) is 0. The lowest BCUT2D eigenvalue weighted by Crippen LogP contribution is -2.33. The Balaban J connectivity index is 2.25. The number of hydrogen-bond acceptors (Lipinski definition) is 1. The van der Waals surface area contributed by atoms with E-state index in [1.807, 2.05) is 0 Å². The van der Waals surface area contributed by atoms with Gasteiger partial charge in [-0.25, -0.2) is 8.78 Å². The second-order valence-electron chi connectivity index (χ2n) is 5.82. The predicted octanol–water partition coefficient (Wildman–Crippen LogP) is 4.45. The third-order valence-electron chi connectivity index (χ3n) is 4.38. The molecule has 0 bridgehead atoms. The van der Waals surface area contributed by atoms with Gasteiger partial charge in [0, 0.05) is 0 Å². The van der Waals surface area contributed by atoms with Gasteiger partial charge in [0.25, 0.3) is 0 Å². The Kier molecular flexibility index (Phi) is 4.24. The highest BCUT2D eigenvalue weighted by Gasteiger charge is 2.39. The molecule has 0 aromatic heterocycles. The standard InChI is InChI=1S/C16H22F2O/c1-3-4-12-7-9-16(19,10-8-12)14-13(17)6-5-11(2)15(14)18/h5-6,12,19H,3-4,7-10H2,1-2H3. The van der Waals surface area contributed by atoms with E-state index in [9.17, 15) is 13.9 Å². The molecule has 1 aliphatic rings. The van der Waals surface area contributed by atoms with E-state index in [1.54, 1.807) is 6.92 Å². The first-order valence-electron chi connectivity index (χ1n) is 7.15. The maximum Gasteiger partial charge on any atom is 0.135 e. The fraction of sp³-hybridized carbons (Fsp3) is 0.625. The molecule has 3 heteroatoms. The van der Waals surface area contributed by atoms with Crippen molar-refractivity contribution in [2.24, 2.45) is 5.92 Å². The van der Waals surface area contributed by atoms with Gasteiger partial charge in [-0.05, 0) is 50.2 Å². The highest BCUT2D eigenvalue weighted by atomic mass is 19.1. The van der Waals surface area contributed by atoms with Gasteiger partial charge in [-0.15, -0.1) is 0 Å². The molecule has 0 spiro atoms. The summed E-state index contributed by atoms with van der Waals surface area (Å²) in [6.07, 6.45) is 4.85. The SMILES string of the molecule is CCCC1CCC(O)(c2c(F)ccc(C)c2F)CC1. The van der Waals surface area contributed by atoms with Gasteiger partial charge in [0.15, 0.2) is 0 Å². The Bertz CT molecular complexity index is 448. The zero-order valence-electron chi connectivity index (χ0n) is 11.7. The fourth-order valence-corrected chi connectivity index (χ4v) is 3.19. The largest absolute Gasteiger partial charge is 0.385 e. The molecule has 1 saturated carbocycles. The molecule has 0 unspecified atom stereocenters. The minimum atomic E-state index is -1.33. The zero-order valence-corrected chi connectivity index (χ0v) is 11.7. The van der Waals surface area contributed by atoms with Crippen LogP contribution in [0.15, 0.2) is 12.1 Å². The number of benzene rings is 1. The van der Waals surface area contributed by atoms with Crippen LogP contribution in [0.5, 0.6) is 0 Å². The number of rotatable bonds is 3. The van der Waals surface area contributed by atoms with E-state index in [4.69, 9.17) is 0 Å². The van der Waals surface area contributed by atoms with Crippen molar-refractivity contribution >= 4 is 0 Å². The first-order chi connectivity index (χ1) is 8.98. The van der Waals surface area contributed by atoms with Crippen LogP contribution in [0.3, 0.4) is 0 Å². The summed E-state index contributed by atoms with van der Waals surface area (Å²) in [5, 5.41) is 10.6. The van der Waals surface area contributed by atoms with E-state index < -0.39 is 17.2 Å². The summed E-state index contributed by atoms with van der Waals surface area (Å²) in [6.45, 7) is 3.74. The van der Waals surface area contributed by atoms with Gasteiger partial charge in [-0.3, -0.25) is 0 Å². The van der Waals surface area contributed by atoms with Gasteiger partial charge in [0.2, 0.25) is 0 Å². The van der Waals surface area contributed by atoms with Crippen LogP contribution >= 0.6 is 0 Å². The first kappa shape index (κ1) is 14.4. The molecule has 106 valence electrons. The van der Waals surface area contributed by atoms with Gasteiger partial charge in [0.05, 0.1) is 11.2 Å². The van der Waals surface area contributed by atoms with E-state index >= 15 is 0 Å². The highest BCUT2D eigenvalue weighted by molar-refractivity contribution is 5.31. The van der Waals surface area contributed by atoms with Crippen LogP contribution in [0.25, 0.3) is 0 Å². The third-order valence-corrected chi connectivity index (χ3v) is 4.38. The second kappa shape index (κ2) is 5.58. The minimum absolute atomic E-state index is 0.123. The molecule has 0 amide bonds. The highest BCUT2D eigenvalue weighted by Crippen LogP contribution is 2.43. The molecule has 0 saturated heterocycles. The zero-order chi connectivity index (χ0) is 14.0. The Morgan fingerprint density at radius 1 is 1.26 bits per heavy atom. The van der Waals surface area contributed by atoms with E-state index in [-0.39, 0.29) is 5.56 Å². The third kappa shape index (κ3) is 2.81. The molecule has 2 rings (SSSR count). The average molecular weight is 268 g/mol. The Labute approximate surface area is 113 Å². The monoisotopic (exact) mass is 268 g/mol. The van der Waals surface area contributed by atoms with Crippen molar-refractivity contribution in [1.82, 2.24) is 0 Å². The van der Waals surface area contributed by atoms with Crippen molar-refractivity contribution < 1.29 is 13.9 Å². The van der Waals surface area contributed by atoms with Crippen molar-refractivity contribution in [2.75, 3.05) is 0 Å². The molecule has 0 radical (unpaired) electrons. The maximum absolute atomic E-state index is 14.1. The molecule has 1 aromatic rings. The first-order valence-corrected chi connectivity index (χ1v) is 7.15. The lowest BCUT2D eigenvalue weighted by Gasteiger charge is -2.37. The second-order valence-corrected chi connectivity index (χ2v) is 5.82. The summed E-state index contributed by atoms with van der Waals surface area (Å²) in [5.74, 6) is -0.628. The molecule has 1 fully saturated rings. The van der Waals surface area contributed by atoms with Crippen molar-refractivity contribution in [1.29, 1.82) is 0 Å². The molecule has 0 aliphatic heterocycles. The average Bonchev–Trinajstić information content (AvgIpc) is 2.38. The van der Waals surface area contributed by atoms with Crippen molar-refractivity contribution in [3.63, 3.8) is 0 Å². The van der Waals surface area contributed by atoms with E-state index in [0.717, 1.165) is 25.7 Å². The molecule has 1 aliphatic carbocycles. The topological polar surface area (TPSA) is 20.2 Å². The number of aliphatic hydroxyl groups is 1. The van der Waals surface area contributed by atoms with E-state index in [0.29, 0.717) is 24.3 Å². The maximum atomic E-state index is 14.1. The van der Waals surface area contributed by atoms with Crippen molar-refractivity contribution in [3.8, 4) is 0 Å². The molecule has 0 atom stereocenters. The molecular formula is C16H22F2O. The molecule has 0 heterocycles. The molecule has 1 nitrogen and oxygen atoms in total. The van der Waals surface area contributed by atoms with Crippen LogP contribution in [0, 0.1) is 24.5 Å². The number of halogens is 2. The lowest BCUT2D eigenvalue weighted by molar-refractivity contribution is -0.0211. The molecule has 1 aromatic carbocycles. The van der Waals surface area contributed by atoms with Crippen LogP contribution in [-0.2, 0) is 5.60 Å². The minimum Gasteiger partial charge on any atom is -0.385 e. The van der Waals surface area contributed by atoms with Crippen LogP contribution in [0.2, 0.25) is 0 Å². The molecule has 1 N–H and O–H groups in total. The predicted molar refractivity (Wildman–Crippen MR) is 71.9 cm³/mol. The summed E-state index contributed by atoms with van der Waals surface area (Å²) in [6, 6.07) is 2.67. The summed E-state index contributed by atoms with van der Waals surface area (Å²) >= 11 is 0. The van der Waals surface area contributed by atoms with Gasteiger partial charge < -0.3 is 5.11 Å². The van der Waals surface area contributed by atoms with Crippen molar-refractivity contribution in [3.05, 3.63) is 34.9 Å². The van der Waals surface area contributed by atoms with Crippen LogP contribution in [-0.4, -0.2) is 5.11 Å². The molecule has 19 heavy (non-hydrogen) atoms. The number of hydrogen-bond donors (Lipinski definition) is 1. The summed E-state index contributed by atoms with van der Waals surface area (Å²) in [5.41, 5.74) is -1.06. The van der Waals surface area contributed by atoms with Gasteiger partial charge >= 0.3 is 0 Å². The smallest absolute Gasteiger partial charge is 0.135 e. The normalized spacial score (nSPS) is 27.5. The summed E-state index contributed by atoms with van der Waals surface area (Å²) < 4.78 is 28.0. The Morgan fingerprint density at radius 2 is 1.89 bits per heavy atom.